The quantitative estimate of drug-likeness (QED) is 0.490. The molecule has 1 aromatic heterocycles. The summed E-state index contributed by atoms with van der Waals surface area (Å²) in [5, 5.41) is 12.7. The van der Waals surface area contributed by atoms with E-state index in [0.717, 1.165) is 21.3 Å². The largest absolute Gasteiger partial charge is 0.480 e. The van der Waals surface area contributed by atoms with Gasteiger partial charge in [0.05, 0.1) is 22.6 Å². The van der Waals surface area contributed by atoms with Gasteiger partial charge in [0.15, 0.2) is 0 Å². The first kappa shape index (κ1) is 21.5. The molecule has 0 spiro atoms. The van der Waals surface area contributed by atoms with E-state index in [9.17, 15) is 19.5 Å². The van der Waals surface area contributed by atoms with Crippen LogP contribution in [0.5, 0.6) is 0 Å². The van der Waals surface area contributed by atoms with Crippen LogP contribution in [0.15, 0.2) is 72.8 Å². The van der Waals surface area contributed by atoms with E-state index in [1.165, 1.54) is 11.3 Å². The normalized spacial score (nSPS) is 15.0. The molecule has 7 nitrogen and oxygen atoms in total. The Morgan fingerprint density at radius 2 is 1.78 bits per heavy atom. The van der Waals surface area contributed by atoms with Crippen molar-refractivity contribution in [2.75, 3.05) is 0 Å². The van der Waals surface area contributed by atoms with Gasteiger partial charge < -0.3 is 16.2 Å². The number of aliphatic carboxylic acids is 1. The number of carbonyl (C=O) groups excluding carboxylic acids is 2. The fraction of sp³-hybridized carbons (Fsp3) is 0.167. The molecule has 2 atom stereocenters. The van der Waals surface area contributed by atoms with Gasteiger partial charge in [0.25, 0.3) is 0 Å². The topological polar surface area (TPSA) is 122 Å². The summed E-state index contributed by atoms with van der Waals surface area (Å²) in [6.07, 6.45) is 6.72. The van der Waals surface area contributed by atoms with Crippen molar-refractivity contribution in [3.8, 4) is 11.1 Å². The number of aromatic nitrogens is 1. The first-order chi connectivity index (χ1) is 15.4. The van der Waals surface area contributed by atoms with E-state index in [0.29, 0.717) is 5.01 Å². The van der Waals surface area contributed by atoms with Gasteiger partial charge in [-0.2, -0.15) is 0 Å². The van der Waals surface area contributed by atoms with Crippen LogP contribution in [0.1, 0.15) is 5.01 Å². The molecule has 0 radical (unpaired) electrons. The van der Waals surface area contributed by atoms with Gasteiger partial charge in [-0.3, -0.25) is 9.59 Å². The number of amides is 2. The number of nitrogens with two attached hydrogens (primary N) is 1. The maximum atomic E-state index is 12.6. The van der Waals surface area contributed by atoms with Gasteiger partial charge in [0.2, 0.25) is 11.8 Å². The monoisotopic (exact) mass is 447 g/mol. The van der Waals surface area contributed by atoms with Crippen molar-refractivity contribution in [1.29, 1.82) is 0 Å². The number of fused-ring (bicyclic) bond motifs is 1. The van der Waals surface area contributed by atoms with E-state index in [-0.39, 0.29) is 6.42 Å². The van der Waals surface area contributed by atoms with Crippen molar-refractivity contribution in [2.45, 2.75) is 12.5 Å². The van der Waals surface area contributed by atoms with Crippen LogP contribution >= 0.6 is 11.3 Å². The molecule has 4 rings (SSSR count). The van der Waals surface area contributed by atoms with Gasteiger partial charge in [-0.05, 0) is 23.3 Å². The number of carboxylic acids is 1. The van der Waals surface area contributed by atoms with Gasteiger partial charge >= 0.3 is 5.97 Å². The van der Waals surface area contributed by atoms with Crippen LogP contribution in [-0.4, -0.2) is 33.9 Å². The van der Waals surface area contributed by atoms with Gasteiger partial charge in [-0.25, -0.2) is 9.78 Å². The van der Waals surface area contributed by atoms with Crippen LogP contribution in [-0.2, 0) is 20.8 Å². The second-order valence-corrected chi connectivity index (χ2v) is 8.61. The van der Waals surface area contributed by atoms with Crippen molar-refractivity contribution >= 4 is 39.3 Å². The van der Waals surface area contributed by atoms with Crippen molar-refractivity contribution in [3.63, 3.8) is 0 Å². The number of thiazole rings is 1. The maximum Gasteiger partial charge on any atom is 0.327 e. The number of primary amides is 1. The molecule has 32 heavy (non-hydrogen) atoms. The molecular formula is C24H21N3O4S. The Balaban J connectivity index is 1.51. The lowest BCUT2D eigenvalue weighted by Gasteiger charge is -2.25. The van der Waals surface area contributed by atoms with E-state index in [1.54, 1.807) is 24.3 Å². The van der Waals surface area contributed by atoms with Crippen molar-refractivity contribution < 1.29 is 19.5 Å². The molecule has 2 aromatic carbocycles. The van der Waals surface area contributed by atoms with Gasteiger partial charge in [0, 0.05) is 5.92 Å². The summed E-state index contributed by atoms with van der Waals surface area (Å²) in [6, 6.07) is 14.4. The van der Waals surface area contributed by atoms with Crippen LogP contribution in [0.2, 0.25) is 0 Å². The number of nitrogens with one attached hydrogen (secondary N) is 1. The molecule has 0 aliphatic heterocycles. The molecule has 0 bridgehead atoms. The minimum absolute atomic E-state index is 0.0916. The number of nitrogens with zero attached hydrogens (tertiary/aromatic N) is 1. The molecule has 0 fully saturated rings. The second-order valence-electron chi connectivity index (χ2n) is 7.49. The van der Waals surface area contributed by atoms with Crippen LogP contribution in [0.25, 0.3) is 21.3 Å². The Kier molecular flexibility index (Phi) is 6.13. The van der Waals surface area contributed by atoms with Crippen LogP contribution < -0.4 is 11.1 Å². The Hall–Kier alpha value is -3.78. The zero-order valence-corrected chi connectivity index (χ0v) is 17.8. The molecular weight excluding hydrogens is 426 g/mol. The predicted molar refractivity (Wildman–Crippen MR) is 123 cm³/mol. The summed E-state index contributed by atoms with van der Waals surface area (Å²) in [6.45, 7) is 0. The van der Waals surface area contributed by atoms with Crippen molar-refractivity contribution in [2.24, 2.45) is 17.6 Å². The summed E-state index contributed by atoms with van der Waals surface area (Å²) < 4.78 is 0.929. The fourth-order valence-electron chi connectivity index (χ4n) is 3.79. The zero-order valence-electron chi connectivity index (χ0n) is 17.0. The third-order valence-corrected chi connectivity index (χ3v) is 6.35. The number of carboxylic acid groups (broad SMARTS) is 1. The van der Waals surface area contributed by atoms with E-state index in [1.807, 2.05) is 48.5 Å². The minimum atomic E-state index is -1.43. The highest BCUT2D eigenvalue weighted by molar-refractivity contribution is 7.18. The number of carbonyl (C=O) groups is 3. The summed E-state index contributed by atoms with van der Waals surface area (Å²) in [7, 11) is 0. The number of benzene rings is 2. The average molecular weight is 448 g/mol. The van der Waals surface area contributed by atoms with Gasteiger partial charge in [0.1, 0.15) is 11.0 Å². The van der Waals surface area contributed by atoms with Crippen LogP contribution in [0, 0.1) is 11.8 Å². The second kappa shape index (κ2) is 9.15. The predicted octanol–water partition coefficient (Wildman–Crippen LogP) is 2.92. The molecule has 2 amide bonds. The number of allylic oxidation sites excluding steroid dienone is 4. The minimum Gasteiger partial charge on any atom is -0.480 e. The van der Waals surface area contributed by atoms with Gasteiger partial charge in [-0.1, -0.05) is 60.7 Å². The molecule has 0 saturated heterocycles. The molecule has 4 N–H and O–H groups in total. The highest BCUT2D eigenvalue weighted by atomic mass is 32.1. The highest BCUT2D eigenvalue weighted by Gasteiger charge is 2.38. The Morgan fingerprint density at radius 1 is 1.06 bits per heavy atom. The number of hydrogen-bond donors (Lipinski definition) is 3. The SMILES string of the molecule is NC(=O)C(C1C=CC=C1)[C@H](NC(=O)Cc1nc2cc(-c3ccccc3)ccc2s1)C(=O)O. The lowest BCUT2D eigenvalue weighted by atomic mass is 9.86. The number of hydrogen-bond acceptors (Lipinski definition) is 5. The number of rotatable bonds is 8. The van der Waals surface area contributed by atoms with E-state index < -0.39 is 35.7 Å². The van der Waals surface area contributed by atoms with E-state index in [4.69, 9.17) is 5.73 Å². The Labute approximate surface area is 188 Å². The lowest BCUT2D eigenvalue weighted by molar-refractivity contribution is -0.146. The van der Waals surface area contributed by atoms with Crippen molar-refractivity contribution in [1.82, 2.24) is 10.3 Å². The van der Waals surface area contributed by atoms with E-state index in [2.05, 4.69) is 10.3 Å². The van der Waals surface area contributed by atoms with Crippen LogP contribution in [0.3, 0.4) is 0 Å². The molecule has 3 aromatic rings. The first-order valence-electron chi connectivity index (χ1n) is 10.0. The highest BCUT2D eigenvalue weighted by Crippen LogP contribution is 2.28. The van der Waals surface area contributed by atoms with Gasteiger partial charge in [-0.15, -0.1) is 11.3 Å². The molecule has 162 valence electrons. The molecule has 1 aliphatic carbocycles. The maximum absolute atomic E-state index is 12.6. The zero-order chi connectivity index (χ0) is 22.7. The molecule has 1 heterocycles. The molecule has 0 saturated carbocycles. The average Bonchev–Trinajstić information content (AvgIpc) is 3.42. The molecule has 1 aliphatic rings. The standard InChI is InChI=1S/C24H21N3O4S/c25-23(29)21(15-8-4-5-9-15)22(24(30)31)27-19(28)13-20-26-17-12-16(10-11-18(17)32-20)14-6-2-1-3-7-14/h1-12,15,21-22H,13H2,(H2,25,29)(H,27,28)(H,30,31)/t21?,22-/m0/s1. The third kappa shape index (κ3) is 4.60. The smallest absolute Gasteiger partial charge is 0.327 e. The van der Waals surface area contributed by atoms with Crippen LogP contribution in [0.4, 0.5) is 0 Å². The van der Waals surface area contributed by atoms with E-state index >= 15 is 0 Å². The summed E-state index contributed by atoms with van der Waals surface area (Å²) in [4.78, 5) is 41.0. The lowest BCUT2D eigenvalue weighted by Crippen LogP contribution is -2.52. The Morgan fingerprint density at radius 3 is 2.44 bits per heavy atom. The first-order valence-corrected chi connectivity index (χ1v) is 10.9. The third-order valence-electron chi connectivity index (χ3n) is 5.31. The summed E-state index contributed by atoms with van der Waals surface area (Å²) in [5.41, 5.74) is 8.32. The van der Waals surface area contributed by atoms with Crippen molar-refractivity contribution in [3.05, 3.63) is 77.8 Å². The molecule has 8 heteroatoms. The Bertz CT molecular complexity index is 1220. The summed E-state index contributed by atoms with van der Waals surface area (Å²) in [5.74, 6) is -4.19. The summed E-state index contributed by atoms with van der Waals surface area (Å²) >= 11 is 1.37. The molecule has 1 unspecified atom stereocenters. The fourth-order valence-corrected chi connectivity index (χ4v) is 4.74.